The van der Waals surface area contributed by atoms with E-state index in [0.29, 0.717) is 5.75 Å². The second-order valence-electron chi connectivity index (χ2n) is 4.98. The topological polar surface area (TPSA) is 60.8 Å². The smallest absolute Gasteiger partial charge is 0.303 e. The number of para-hydroxylation sites is 1. The monoisotopic (exact) mass is 249 g/mol. The molecule has 1 fully saturated rings. The maximum atomic E-state index is 10.7. The maximum absolute atomic E-state index is 10.7. The van der Waals surface area contributed by atoms with Crippen LogP contribution in [0.5, 0.6) is 5.75 Å². The Morgan fingerprint density at radius 1 is 1.50 bits per heavy atom. The summed E-state index contributed by atoms with van der Waals surface area (Å²) in [6.45, 7) is 3.74. The zero-order valence-corrected chi connectivity index (χ0v) is 10.5. The summed E-state index contributed by atoms with van der Waals surface area (Å²) in [6.07, 6.45) is 1.16. The quantitative estimate of drug-likeness (QED) is 0.859. The highest BCUT2D eigenvalue weighted by Gasteiger charge is 2.28. The fraction of sp³-hybridized carbons (Fsp3) is 0.500. The molecule has 1 aliphatic heterocycles. The number of hydrogen-bond donors (Lipinski definition) is 2. The number of carboxylic acid groups (broad SMARTS) is 1. The van der Waals surface area contributed by atoms with Gasteiger partial charge in [-0.3, -0.25) is 9.69 Å². The summed E-state index contributed by atoms with van der Waals surface area (Å²) in [7, 11) is 0. The number of benzene rings is 1. The van der Waals surface area contributed by atoms with Crippen molar-refractivity contribution in [2.45, 2.75) is 25.8 Å². The largest absolute Gasteiger partial charge is 0.508 e. The van der Waals surface area contributed by atoms with Gasteiger partial charge in [0.15, 0.2) is 0 Å². The van der Waals surface area contributed by atoms with Gasteiger partial charge in [0.25, 0.3) is 0 Å². The van der Waals surface area contributed by atoms with E-state index in [4.69, 9.17) is 5.11 Å². The average Bonchev–Trinajstić information content (AvgIpc) is 2.76. The fourth-order valence-corrected chi connectivity index (χ4v) is 2.67. The zero-order valence-electron chi connectivity index (χ0n) is 10.5. The Morgan fingerprint density at radius 2 is 2.22 bits per heavy atom. The lowest BCUT2D eigenvalue weighted by molar-refractivity contribution is -0.138. The van der Waals surface area contributed by atoms with E-state index in [1.54, 1.807) is 6.07 Å². The van der Waals surface area contributed by atoms with Crippen LogP contribution in [0, 0.1) is 5.92 Å². The van der Waals surface area contributed by atoms with Crippen LogP contribution in [0.1, 0.15) is 31.4 Å². The van der Waals surface area contributed by atoms with Crippen molar-refractivity contribution >= 4 is 5.97 Å². The minimum Gasteiger partial charge on any atom is -0.508 e. The van der Waals surface area contributed by atoms with Crippen molar-refractivity contribution in [2.75, 3.05) is 13.1 Å². The molecule has 0 aliphatic carbocycles. The van der Waals surface area contributed by atoms with Crippen LogP contribution in [0.15, 0.2) is 24.3 Å². The predicted molar refractivity (Wildman–Crippen MR) is 68.5 cm³/mol. The molecule has 0 bridgehead atoms. The van der Waals surface area contributed by atoms with Crippen LogP contribution in [0.2, 0.25) is 0 Å². The second kappa shape index (κ2) is 5.40. The van der Waals surface area contributed by atoms with Gasteiger partial charge in [0.2, 0.25) is 0 Å². The first kappa shape index (κ1) is 12.9. The lowest BCUT2D eigenvalue weighted by atomic mass is 10.0. The summed E-state index contributed by atoms with van der Waals surface area (Å²) in [5, 5.41) is 18.6. The van der Waals surface area contributed by atoms with Crippen molar-refractivity contribution < 1.29 is 15.0 Å². The molecule has 98 valence electrons. The molecule has 18 heavy (non-hydrogen) atoms. The predicted octanol–water partition coefficient (Wildman–Crippen LogP) is 2.25. The fourth-order valence-electron chi connectivity index (χ4n) is 2.67. The Bertz CT molecular complexity index is 433. The first-order valence-electron chi connectivity index (χ1n) is 6.31. The molecule has 0 radical (unpaired) electrons. The number of carbonyl (C=O) groups is 1. The molecule has 4 nitrogen and oxygen atoms in total. The van der Waals surface area contributed by atoms with Crippen molar-refractivity contribution in [3.05, 3.63) is 29.8 Å². The second-order valence-corrected chi connectivity index (χ2v) is 4.98. The summed E-state index contributed by atoms with van der Waals surface area (Å²) >= 11 is 0. The molecule has 1 aromatic rings. The van der Waals surface area contributed by atoms with Gasteiger partial charge in [0.05, 0.1) is 0 Å². The number of rotatable bonds is 4. The zero-order chi connectivity index (χ0) is 13.1. The van der Waals surface area contributed by atoms with Crippen molar-refractivity contribution in [1.82, 2.24) is 4.90 Å². The van der Waals surface area contributed by atoms with E-state index in [0.717, 1.165) is 25.1 Å². The van der Waals surface area contributed by atoms with Crippen molar-refractivity contribution in [1.29, 1.82) is 0 Å². The average molecular weight is 249 g/mol. The number of hydrogen-bond acceptors (Lipinski definition) is 3. The first-order chi connectivity index (χ1) is 8.58. The number of phenolic OH excluding ortho intramolecular Hbond substituents is 1. The van der Waals surface area contributed by atoms with Gasteiger partial charge in [0.1, 0.15) is 5.75 Å². The Labute approximate surface area is 107 Å². The molecule has 2 N–H and O–H groups in total. The van der Waals surface area contributed by atoms with Gasteiger partial charge in [0, 0.05) is 24.6 Å². The van der Waals surface area contributed by atoms with E-state index in [1.807, 2.05) is 18.2 Å². The van der Waals surface area contributed by atoms with E-state index in [2.05, 4.69) is 11.8 Å². The molecule has 1 aromatic carbocycles. The molecule has 1 heterocycles. The molecule has 4 heteroatoms. The Kier molecular flexibility index (Phi) is 3.87. The van der Waals surface area contributed by atoms with Gasteiger partial charge >= 0.3 is 5.97 Å². The Morgan fingerprint density at radius 3 is 2.89 bits per heavy atom. The number of likely N-dealkylation sites (tertiary alicyclic amines) is 1. The lowest BCUT2D eigenvalue weighted by Crippen LogP contribution is -2.25. The van der Waals surface area contributed by atoms with Crippen molar-refractivity contribution in [2.24, 2.45) is 5.92 Å². The molecule has 0 aromatic heterocycles. The number of phenols is 1. The van der Waals surface area contributed by atoms with Gasteiger partial charge in [-0.05, 0) is 31.9 Å². The minimum atomic E-state index is -0.725. The summed E-state index contributed by atoms with van der Waals surface area (Å²) in [4.78, 5) is 12.9. The number of nitrogens with zero attached hydrogens (tertiary/aromatic N) is 1. The van der Waals surface area contributed by atoms with E-state index < -0.39 is 5.97 Å². The van der Waals surface area contributed by atoms with Crippen LogP contribution >= 0.6 is 0 Å². The van der Waals surface area contributed by atoms with E-state index in [-0.39, 0.29) is 18.4 Å². The van der Waals surface area contributed by atoms with Crippen LogP contribution in [0.25, 0.3) is 0 Å². The molecule has 2 unspecified atom stereocenters. The minimum absolute atomic E-state index is 0.130. The molecule has 0 spiro atoms. The summed E-state index contributed by atoms with van der Waals surface area (Å²) in [5.41, 5.74) is 0.911. The highest BCUT2D eigenvalue weighted by molar-refractivity contribution is 5.67. The molecule has 1 aliphatic rings. The Hall–Kier alpha value is -1.55. The molecule has 0 saturated carbocycles. The van der Waals surface area contributed by atoms with Crippen molar-refractivity contribution in [3.63, 3.8) is 0 Å². The first-order valence-corrected chi connectivity index (χ1v) is 6.31. The third-order valence-corrected chi connectivity index (χ3v) is 3.72. The van der Waals surface area contributed by atoms with Gasteiger partial charge in [-0.1, -0.05) is 18.2 Å². The van der Waals surface area contributed by atoms with E-state index in [1.165, 1.54) is 0 Å². The number of aliphatic carboxylic acids is 1. The van der Waals surface area contributed by atoms with Gasteiger partial charge < -0.3 is 10.2 Å². The lowest BCUT2D eigenvalue weighted by Gasteiger charge is -2.25. The maximum Gasteiger partial charge on any atom is 0.303 e. The van der Waals surface area contributed by atoms with Crippen LogP contribution in [0.3, 0.4) is 0 Å². The Balaban J connectivity index is 2.01. The molecular weight excluding hydrogens is 230 g/mol. The molecule has 2 rings (SSSR count). The van der Waals surface area contributed by atoms with Crippen LogP contribution in [-0.4, -0.2) is 34.2 Å². The molecular formula is C14H19NO3. The van der Waals surface area contributed by atoms with Gasteiger partial charge in [-0.15, -0.1) is 0 Å². The summed E-state index contributed by atoms with van der Waals surface area (Å²) < 4.78 is 0. The van der Waals surface area contributed by atoms with E-state index >= 15 is 0 Å². The highest BCUT2D eigenvalue weighted by Crippen LogP contribution is 2.32. The SMILES string of the molecule is CC(c1ccccc1O)N1CCC(CC(=O)O)C1. The normalized spacial score (nSPS) is 21.9. The van der Waals surface area contributed by atoms with E-state index in [9.17, 15) is 9.90 Å². The van der Waals surface area contributed by atoms with Crippen molar-refractivity contribution in [3.8, 4) is 5.75 Å². The summed E-state index contributed by atoms with van der Waals surface area (Å²) in [5.74, 6) is -0.181. The number of carboxylic acids is 1. The molecule has 1 saturated heterocycles. The summed E-state index contributed by atoms with van der Waals surface area (Å²) in [6, 6.07) is 7.46. The van der Waals surface area contributed by atoms with Crippen LogP contribution in [-0.2, 0) is 4.79 Å². The van der Waals surface area contributed by atoms with Crippen LogP contribution < -0.4 is 0 Å². The van der Waals surface area contributed by atoms with Gasteiger partial charge in [-0.25, -0.2) is 0 Å². The highest BCUT2D eigenvalue weighted by atomic mass is 16.4. The third kappa shape index (κ3) is 2.82. The number of aromatic hydroxyl groups is 1. The molecule has 2 atom stereocenters. The third-order valence-electron chi connectivity index (χ3n) is 3.72. The van der Waals surface area contributed by atoms with Crippen LogP contribution in [0.4, 0.5) is 0 Å². The standard InChI is InChI=1S/C14H19NO3/c1-10(12-4-2-3-5-13(12)16)15-7-6-11(9-15)8-14(17)18/h2-5,10-11,16H,6-9H2,1H3,(H,17,18). The molecule has 0 amide bonds. The van der Waals surface area contributed by atoms with Gasteiger partial charge in [-0.2, -0.15) is 0 Å².